The Bertz CT molecular complexity index is 716. The molecule has 1 aliphatic rings. The second-order valence-electron chi connectivity index (χ2n) is 4.26. The Morgan fingerprint density at radius 2 is 2.00 bits per heavy atom. The predicted octanol–water partition coefficient (Wildman–Crippen LogP) is 0.895. The molecule has 0 saturated heterocycles. The van der Waals surface area contributed by atoms with Crippen molar-refractivity contribution in [2.24, 2.45) is 17.2 Å². The minimum atomic E-state index is -0.485. The van der Waals surface area contributed by atoms with Crippen molar-refractivity contribution in [1.82, 2.24) is 0 Å². The fourth-order valence-electron chi connectivity index (χ4n) is 2.35. The predicted molar refractivity (Wildman–Crippen MR) is 73.8 cm³/mol. The highest BCUT2D eigenvalue weighted by atomic mass is 32.1. The molecule has 1 aromatic carbocycles. The molecule has 1 atom stereocenters. The third kappa shape index (κ3) is 1.27. The molecule has 8 N–H and O–H groups in total. The van der Waals surface area contributed by atoms with Crippen molar-refractivity contribution in [1.29, 1.82) is 0 Å². The van der Waals surface area contributed by atoms with Crippen LogP contribution in [0.25, 0.3) is 15.8 Å². The third-order valence-corrected chi connectivity index (χ3v) is 4.40. The number of carbonyl (C=O) groups is 1. The molecule has 6 heteroatoms. The van der Waals surface area contributed by atoms with Gasteiger partial charge in [-0.1, -0.05) is 6.07 Å². The molecule has 0 radical (unpaired) electrons. The lowest BCUT2D eigenvalue weighted by Gasteiger charge is -2.18. The van der Waals surface area contributed by atoms with Crippen LogP contribution in [-0.2, 0) is 0 Å². The Kier molecular flexibility index (Phi) is 2.13. The van der Waals surface area contributed by atoms with Crippen LogP contribution in [0, 0.1) is 0 Å². The highest BCUT2D eigenvalue weighted by molar-refractivity contribution is 7.21. The molecule has 1 aromatic heterocycles. The lowest BCUT2D eigenvalue weighted by Crippen LogP contribution is -2.19. The van der Waals surface area contributed by atoms with Gasteiger partial charge in [-0.25, -0.2) is 0 Å². The second kappa shape index (κ2) is 3.47. The van der Waals surface area contributed by atoms with Crippen LogP contribution in [0.1, 0.15) is 26.8 Å². The zero-order valence-electron chi connectivity index (χ0n) is 9.44. The summed E-state index contributed by atoms with van der Waals surface area (Å²) in [6.07, 6.45) is 1.73. The normalized spacial score (nSPS) is 17.8. The summed E-state index contributed by atoms with van der Waals surface area (Å²) >= 11 is 1.27. The monoisotopic (exact) mass is 260 g/mol. The number of nitrogen functional groups attached to an aromatic ring is 1. The van der Waals surface area contributed by atoms with Crippen LogP contribution in [-0.4, -0.2) is 5.91 Å². The Balaban J connectivity index is 2.52. The fourth-order valence-corrected chi connectivity index (χ4v) is 3.52. The number of primary amides is 1. The van der Waals surface area contributed by atoms with Crippen LogP contribution in [0.15, 0.2) is 18.2 Å². The van der Waals surface area contributed by atoms with Crippen molar-refractivity contribution in [2.45, 2.75) is 6.04 Å². The standard InChI is InChI=1S/C12H12N4OS/c13-5-2-1-4-6(14)3-7(15)9-8(4)10(5)18-11(9)12(16)17/h1-3,7H,13-15H2,(H2,16,17). The first-order valence-electron chi connectivity index (χ1n) is 5.38. The number of hydrogen-bond acceptors (Lipinski definition) is 5. The van der Waals surface area contributed by atoms with E-state index in [1.165, 1.54) is 11.3 Å². The average Bonchev–Trinajstić information content (AvgIpc) is 2.69. The van der Waals surface area contributed by atoms with Crippen LogP contribution < -0.4 is 22.9 Å². The van der Waals surface area contributed by atoms with Crippen LogP contribution in [0.3, 0.4) is 0 Å². The van der Waals surface area contributed by atoms with Crippen LogP contribution in [0.2, 0.25) is 0 Å². The highest BCUT2D eigenvalue weighted by Gasteiger charge is 2.27. The molecule has 0 saturated carbocycles. The first-order valence-corrected chi connectivity index (χ1v) is 6.20. The van der Waals surface area contributed by atoms with E-state index >= 15 is 0 Å². The number of nitrogens with two attached hydrogens (primary N) is 4. The van der Waals surface area contributed by atoms with Gasteiger partial charge in [0, 0.05) is 27.9 Å². The summed E-state index contributed by atoms with van der Waals surface area (Å²) in [4.78, 5) is 12.0. The molecule has 92 valence electrons. The first-order chi connectivity index (χ1) is 8.50. The van der Waals surface area contributed by atoms with Crippen LogP contribution >= 0.6 is 11.3 Å². The SMILES string of the molecule is NC(=O)c1sc2c(N)ccc3c2c1C(N)C=C3N. The molecule has 1 amide bonds. The van der Waals surface area contributed by atoms with Gasteiger partial charge in [0.05, 0.1) is 15.6 Å². The average molecular weight is 260 g/mol. The summed E-state index contributed by atoms with van der Waals surface area (Å²) in [6.45, 7) is 0. The van der Waals surface area contributed by atoms with Crippen molar-refractivity contribution in [2.75, 3.05) is 5.73 Å². The number of thiophene rings is 1. The molecule has 0 spiro atoms. The summed E-state index contributed by atoms with van der Waals surface area (Å²) in [6, 6.07) is 3.20. The Hall–Kier alpha value is -2.05. The van der Waals surface area contributed by atoms with Crippen molar-refractivity contribution >= 4 is 38.7 Å². The lowest BCUT2D eigenvalue weighted by atomic mass is 9.91. The van der Waals surface area contributed by atoms with Gasteiger partial charge < -0.3 is 22.9 Å². The van der Waals surface area contributed by atoms with Crippen molar-refractivity contribution in [3.8, 4) is 0 Å². The van der Waals surface area contributed by atoms with E-state index in [1.807, 2.05) is 6.07 Å². The minimum Gasteiger partial charge on any atom is -0.398 e. The molecular formula is C12H12N4OS. The van der Waals surface area contributed by atoms with Crippen LogP contribution in [0.5, 0.6) is 0 Å². The van der Waals surface area contributed by atoms with E-state index in [1.54, 1.807) is 12.1 Å². The zero-order valence-corrected chi connectivity index (χ0v) is 10.3. The van der Waals surface area contributed by atoms with Crippen LogP contribution in [0.4, 0.5) is 5.69 Å². The summed E-state index contributed by atoms with van der Waals surface area (Å²) in [5, 5.41) is 0.862. The molecule has 5 nitrogen and oxygen atoms in total. The number of carbonyl (C=O) groups excluding carboxylic acids is 1. The molecular weight excluding hydrogens is 248 g/mol. The number of benzene rings is 1. The Labute approximate surface area is 107 Å². The maximum absolute atomic E-state index is 11.5. The fraction of sp³-hybridized carbons (Fsp3) is 0.0833. The van der Waals surface area contributed by atoms with Gasteiger partial charge in [-0.15, -0.1) is 11.3 Å². The summed E-state index contributed by atoms with van der Waals surface area (Å²) in [7, 11) is 0. The van der Waals surface area contributed by atoms with Crippen molar-refractivity contribution < 1.29 is 4.79 Å². The zero-order chi connectivity index (χ0) is 13.0. The lowest BCUT2D eigenvalue weighted by molar-refractivity contribution is 0.100. The van der Waals surface area contributed by atoms with Gasteiger partial charge in [-0.2, -0.15) is 0 Å². The van der Waals surface area contributed by atoms with Gasteiger partial charge >= 0.3 is 0 Å². The first kappa shape index (κ1) is 11.1. The van der Waals surface area contributed by atoms with Gasteiger partial charge in [-0.3, -0.25) is 4.79 Å². The van der Waals surface area contributed by atoms with E-state index in [0.29, 0.717) is 16.3 Å². The largest absolute Gasteiger partial charge is 0.398 e. The van der Waals surface area contributed by atoms with Crippen molar-refractivity contribution in [3.05, 3.63) is 34.2 Å². The maximum atomic E-state index is 11.5. The van der Waals surface area contributed by atoms with E-state index in [9.17, 15) is 4.79 Å². The van der Waals surface area contributed by atoms with E-state index in [4.69, 9.17) is 22.9 Å². The van der Waals surface area contributed by atoms with Gasteiger partial charge in [0.1, 0.15) is 0 Å². The molecule has 1 aliphatic carbocycles. The molecule has 0 aliphatic heterocycles. The van der Waals surface area contributed by atoms with E-state index in [2.05, 4.69) is 0 Å². The van der Waals surface area contributed by atoms with Gasteiger partial charge in [-0.05, 0) is 12.1 Å². The number of hydrogen-bond donors (Lipinski definition) is 4. The third-order valence-electron chi connectivity index (χ3n) is 3.13. The highest BCUT2D eigenvalue weighted by Crippen LogP contribution is 2.44. The van der Waals surface area contributed by atoms with Gasteiger partial charge in [0.2, 0.25) is 0 Å². The summed E-state index contributed by atoms with van der Waals surface area (Å²) in [5.74, 6) is -0.485. The maximum Gasteiger partial charge on any atom is 0.259 e. The smallest absolute Gasteiger partial charge is 0.259 e. The van der Waals surface area contributed by atoms with Crippen molar-refractivity contribution in [3.63, 3.8) is 0 Å². The van der Waals surface area contributed by atoms with E-state index < -0.39 is 11.9 Å². The van der Waals surface area contributed by atoms with Gasteiger partial charge in [0.25, 0.3) is 5.91 Å². The molecule has 2 aromatic rings. The van der Waals surface area contributed by atoms with E-state index in [-0.39, 0.29) is 0 Å². The molecule has 1 heterocycles. The number of amides is 1. The second-order valence-corrected chi connectivity index (χ2v) is 5.28. The Morgan fingerprint density at radius 1 is 1.28 bits per heavy atom. The summed E-state index contributed by atoms with van der Waals surface area (Å²) < 4.78 is 0.822. The van der Waals surface area contributed by atoms with Gasteiger partial charge in [0.15, 0.2) is 0 Å². The summed E-state index contributed by atoms with van der Waals surface area (Å²) in [5.41, 5.74) is 26.1. The molecule has 0 fully saturated rings. The molecule has 0 bridgehead atoms. The quantitative estimate of drug-likeness (QED) is 0.569. The molecule has 1 unspecified atom stereocenters. The Morgan fingerprint density at radius 3 is 2.67 bits per heavy atom. The molecule has 18 heavy (non-hydrogen) atoms. The number of anilines is 1. The van der Waals surface area contributed by atoms with E-state index in [0.717, 1.165) is 21.2 Å². The minimum absolute atomic E-state index is 0.421. The molecule has 3 rings (SSSR count). The number of rotatable bonds is 1. The topological polar surface area (TPSA) is 121 Å².